The van der Waals surface area contributed by atoms with Crippen LogP contribution in [-0.4, -0.2) is 43.2 Å². The van der Waals surface area contributed by atoms with E-state index in [9.17, 15) is 14.7 Å². The number of pyridine rings is 1. The van der Waals surface area contributed by atoms with Crippen LogP contribution in [0.25, 0.3) is 11.0 Å². The van der Waals surface area contributed by atoms with Crippen molar-refractivity contribution in [3.05, 3.63) is 58.4 Å². The van der Waals surface area contributed by atoms with E-state index >= 15 is 0 Å². The van der Waals surface area contributed by atoms with Crippen LogP contribution in [0.5, 0.6) is 0 Å². The molecule has 0 saturated carbocycles. The molecule has 3 heterocycles. The molecule has 1 aliphatic heterocycles. The monoisotopic (exact) mass is 350 g/mol. The molecule has 1 N–H and O–H groups in total. The molecule has 0 atom stereocenters. The molecule has 1 aliphatic rings. The number of hydrogen-bond acceptors (Lipinski definition) is 4. The van der Waals surface area contributed by atoms with E-state index in [1.54, 1.807) is 27.9 Å². The molecule has 0 fully saturated rings. The zero-order valence-electron chi connectivity index (χ0n) is 14.6. The Morgan fingerprint density at radius 2 is 2.08 bits per heavy atom. The summed E-state index contributed by atoms with van der Waals surface area (Å²) in [5, 5.41) is 14.5. The van der Waals surface area contributed by atoms with E-state index in [4.69, 9.17) is 0 Å². The molecule has 0 unspecified atom stereocenters. The molecule has 0 aliphatic carbocycles. The highest BCUT2D eigenvalue weighted by Crippen LogP contribution is 2.25. The zero-order chi connectivity index (χ0) is 18.4. The first kappa shape index (κ1) is 16.3. The molecule has 2 aromatic heterocycles. The van der Waals surface area contributed by atoms with Gasteiger partial charge in [-0.15, -0.1) is 0 Å². The second-order valence-electron chi connectivity index (χ2n) is 6.53. The van der Waals surface area contributed by atoms with Gasteiger partial charge in [-0.25, -0.2) is 9.78 Å². The van der Waals surface area contributed by atoms with Gasteiger partial charge in [-0.2, -0.15) is 5.10 Å². The van der Waals surface area contributed by atoms with Crippen molar-refractivity contribution >= 4 is 22.9 Å². The van der Waals surface area contributed by atoms with Gasteiger partial charge in [-0.3, -0.25) is 9.48 Å². The van der Waals surface area contributed by atoms with Crippen LogP contribution in [0.4, 0.5) is 0 Å². The minimum atomic E-state index is -0.927. The van der Waals surface area contributed by atoms with Crippen molar-refractivity contribution in [2.45, 2.75) is 19.9 Å². The first-order valence-corrected chi connectivity index (χ1v) is 8.38. The van der Waals surface area contributed by atoms with Crippen LogP contribution >= 0.6 is 0 Å². The molecule has 7 heteroatoms. The third-order valence-electron chi connectivity index (χ3n) is 4.89. The minimum absolute atomic E-state index is 0.103. The molecule has 26 heavy (non-hydrogen) atoms. The number of benzene rings is 1. The van der Waals surface area contributed by atoms with Crippen LogP contribution in [0.3, 0.4) is 0 Å². The molecule has 0 saturated heterocycles. The smallest absolute Gasteiger partial charge is 0.335 e. The van der Waals surface area contributed by atoms with Crippen LogP contribution in [-0.2, 0) is 20.0 Å². The summed E-state index contributed by atoms with van der Waals surface area (Å²) in [5.41, 5.74) is 4.13. The number of carbonyl (C=O) groups excluding carboxylic acids is 1. The van der Waals surface area contributed by atoms with E-state index in [-0.39, 0.29) is 5.91 Å². The summed E-state index contributed by atoms with van der Waals surface area (Å²) in [6.07, 6.45) is 2.11. The standard InChI is InChI=1S/C19H18N4O3/c1-11-16-8-13(9-20-17(16)22(2)21-11)18(24)23-7-6-14-12(10-23)4-3-5-15(14)19(25)26/h3-5,8-9H,6-7,10H2,1-2H3,(H,25,26). The molecular weight excluding hydrogens is 332 g/mol. The van der Waals surface area contributed by atoms with Gasteiger partial charge in [-0.05, 0) is 36.6 Å². The SMILES string of the molecule is Cc1nn(C)c2ncc(C(=O)N3CCc4c(cccc4C(=O)O)C3)cc12. The van der Waals surface area contributed by atoms with E-state index in [0.717, 1.165) is 27.9 Å². The highest BCUT2D eigenvalue weighted by Gasteiger charge is 2.25. The maximum absolute atomic E-state index is 12.9. The summed E-state index contributed by atoms with van der Waals surface area (Å²) in [4.78, 5) is 30.4. The van der Waals surface area contributed by atoms with Crippen molar-refractivity contribution in [2.24, 2.45) is 7.05 Å². The van der Waals surface area contributed by atoms with Gasteiger partial charge in [0.25, 0.3) is 5.91 Å². The lowest BCUT2D eigenvalue weighted by Gasteiger charge is -2.29. The maximum atomic E-state index is 12.9. The Labute approximate surface area is 149 Å². The number of fused-ring (bicyclic) bond motifs is 2. The largest absolute Gasteiger partial charge is 0.478 e. The Kier molecular flexibility index (Phi) is 3.72. The number of amides is 1. The van der Waals surface area contributed by atoms with Crippen molar-refractivity contribution in [3.8, 4) is 0 Å². The fourth-order valence-corrected chi connectivity index (χ4v) is 3.59. The van der Waals surface area contributed by atoms with Crippen molar-refractivity contribution in [1.82, 2.24) is 19.7 Å². The fourth-order valence-electron chi connectivity index (χ4n) is 3.59. The Balaban J connectivity index is 1.65. The molecule has 1 aromatic carbocycles. The fraction of sp³-hybridized carbons (Fsp3) is 0.263. The third-order valence-corrected chi connectivity index (χ3v) is 4.89. The summed E-state index contributed by atoms with van der Waals surface area (Å²) in [5.74, 6) is -1.03. The van der Waals surface area contributed by atoms with Gasteiger partial charge in [0.05, 0.1) is 16.8 Å². The second kappa shape index (κ2) is 5.94. The van der Waals surface area contributed by atoms with E-state index in [2.05, 4.69) is 10.1 Å². The molecular formula is C19H18N4O3. The molecule has 0 spiro atoms. The second-order valence-corrected chi connectivity index (χ2v) is 6.53. The summed E-state index contributed by atoms with van der Waals surface area (Å²) >= 11 is 0. The number of carbonyl (C=O) groups is 2. The van der Waals surface area contributed by atoms with Crippen molar-refractivity contribution in [1.29, 1.82) is 0 Å². The lowest BCUT2D eigenvalue weighted by molar-refractivity contribution is 0.0694. The van der Waals surface area contributed by atoms with Gasteiger partial charge in [-0.1, -0.05) is 12.1 Å². The molecule has 1 amide bonds. The van der Waals surface area contributed by atoms with E-state index < -0.39 is 5.97 Å². The minimum Gasteiger partial charge on any atom is -0.478 e. The average molecular weight is 350 g/mol. The summed E-state index contributed by atoms with van der Waals surface area (Å²) in [6, 6.07) is 7.05. The highest BCUT2D eigenvalue weighted by atomic mass is 16.4. The van der Waals surface area contributed by atoms with Crippen LogP contribution < -0.4 is 0 Å². The predicted octanol–water partition coefficient (Wildman–Crippen LogP) is 2.17. The van der Waals surface area contributed by atoms with Gasteiger partial charge in [0.2, 0.25) is 0 Å². The molecule has 4 rings (SSSR count). The maximum Gasteiger partial charge on any atom is 0.335 e. The Hall–Kier alpha value is -3.22. The summed E-state index contributed by atoms with van der Waals surface area (Å²) in [6.45, 7) is 2.78. The topological polar surface area (TPSA) is 88.3 Å². The van der Waals surface area contributed by atoms with Crippen molar-refractivity contribution in [3.63, 3.8) is 0 Å². The number of rotatable bonds is 2. The normalized spacial score (nSPS) is 13.7. The van der Waals surface area contributed by atoms with Crippen molar-refractivity contribution < 1.29 is 14.7 Å². The lowest BCUT2D eigenvalue weighted by atomic mass is 9.94. The Morgan fingerprint density at radius 3 is 2.85 bits per heavy atom. The number of nitrogens with zero attached hydrogens (tertiary/aromatic N) is 4. The summed E-state index contributed by atoms with van der Waals surface area (Å²) in [7, 11) is 1.82. The van der Waals surface area contributed by atoms with E-state index in [0.29, 0.717) is 30.6 Å². The number of carboxylic acid groups (broad SMARTS) is 1. The number of aryl methyl sites for hydroxylation is 2. The van der Waals surface area contributed by atoms with Crippen molar-refractivity contribution in [2.75, 3.05) is 6.54 Å². The first-order valence-electron chi connectivity index (χ1n) is 8.38. The number of carboxylic acids is 1. The van der Waals surface area contributed by atoms with Crippen LogP contribution in [0.2, 0.25) is 0 Å². The van der Waals surface area contributed by atoms with E-state index in [1.807, 2.05) is 26.1 Å². The number of aromatic nitrogens is 3. The van der Waals surface area contributed by atoms with Gasteiger partial charge in [0, 0.05) is 31.7 Å². The third kappa shape index (κ3) is 2.52. The quantitative estimate of drug-likeness (QED) is 0.765. The van der Waals surface area contributed by atoms with Gasteiger partial charge in [0.15, 0.2) is 5.65 Å². The van der Waals surface area contributed by atoms with Crippen LogP contribution in [0.15, 0.2) is 30.5 Å². The number of aromatic carboxylic acids is 1. The highest BCUT2D eigenvalue weighted by molar-refractivity contribution is 5.97. The summed E-state index contributed by atoms with van der Waals surface area (Å²) < 4.78 is 1.70. The Bertz CT molecular complexity index is 1050. The van der Waals surface area contributed by atoms with Gasteiger partial charge < -0.3 is 10.0 Å². The van der Waals surface area contributed by atoms with Gasteiger partial charge in [0.1, 0.15) is 0 Å². The van der Waals surface area contributed by atoms with Gasteiger partial charge >= 0.3 is 5.97 Å². The molecule has 0 radical (unpaired) electrons. The van der Waals surface area contributed by atoms with Crippen LogP contribution in [0.1, 0.15) is 37.5 Å². The van der Waals surface area contributed by atoms with E-state index in [1.165, 1.54) is 0 Å². The first-order chi connectivity index (χ1) is 12.5. The molecule has 0 bridgehead atoms. The molecule has 132 valence electrons. The molecule has 3 aromatic rings. The Morgan fingerprint density at radius 1 is 1.27 bits per heavy atom. The average Bonchev–Trinajstić information content (AvgIpc) is 2.93. The van der Waals surface area contributed by atoms with Crippen LogP contribution in [0, 0.1) is 6.92 Å². The zero-order valence-corrected chi connectivity index (χ0v) is 14.6. The molecule has 7 nitrogen and oxygen atoms in total. The lowest BCUT2D eigenvalue weighted by Crippen LogP contribution is -2.36. The predicted molar refractivity (Wildman–Crippen MR) is 95.1 cm³/mol. The number of hydrogen-bond donors (Lipinski definition) is 1.